The molecule has 34 heavy (non-hydrogen) atoms. The van der Waals surface area contributed by atoms with Crippen molar-refractivity contribution in [1.82, 2.24) is 9.80 Å². The number of benzene rings is 2. The molecule has 5 rings (SSSR count). The highest BCUT2D eigenvalue weighted by Crippen LogP contribution is 2.35. The maximum absolute atomic E-state index is 13.3. The van der Waals surface area contributed by atoms with Crippen LogP contribution in [0.15, 0.2) is 47.6 Å². The van der Waals surface area contributed by atoms with Crippen molar-refractivity contribution in [1.29, 1.82) is 0 Å². The van der Waals surface area contributed by atoms with E-state index in [1.54, 1.807) is 21.6 Å². The van der Waals surface area contributed by atoms with Gasteiger partial charge in [0, 0.05) is 37.4 Å². The summed E-state index contributed by atoms with van der Waals surface area (Å²) in [6.07, 6.45) is 0.786. The van der Waals surface area contributed by atoms with E-state index in [-0.39, 0.29) is 48.0 Å². The van der Waals surface area contributed by atoms with Crippen LogP contribution in [-0.2, 0) is 16.0 Å². The molecule has 1 atom stereocenters. The molecular weight excluding hydrogens is 456 g/mol. The first-order valence-electron chi connectivity index (χ1n) is 11.1. The first-order chi connectivity index (χ1) is 16.5. The molecule has 0 saturated carbocycles. The minimum Gasteiger partial charge on any atom is -0.331 e. The van der Waals surface area contributed by atoms with Gasteiger partial charge in [-0.3, -0.25) is 29.0 Å². The molecule has 1 unspecified atom stereocenters. The quantitative estimate of drug-likeness (QED) is 0.467. The number of fused-ring (bicyclic) bond motifs is 2. The van der Waals surface area contributed by atoms with Crippen LogP contribution in [0.4, 0.5) is 11.4 Å². The Kier molecular flexibility index (Phi) is 5.91. The van der Waals surface area contributed by atoms with E-state index in [9.17, 15) is 24.1 Å². The Bertz CT molecular complexity index is 1210. The Morgan fingerprint density at radius 2 is 1.88 bits per heavy atom. The van der Waals surface area contributed by atoms with Crippen molar-refractivity contribution in [3.8, 4) is 0 Å². The number of carbonyl (C=O) groups excluding carboxylic acids is 4. The molecule has 10 heteroatoms. The average Bonchev–Trinajstić information content (AvgIpc) is 3.57. The van der Waals surface area contributed by atoms with Gasteiger partial charge in [-0.2, -0.15) is 0 Å². The molecule has 0 aromatic heterocycles. The number of nitrogens with zero attached hydrogens (tertiary/aromatic N) is 4. The molecule has 1 fully saturated rings. The van der Waals surface area contributed by atoms with Gasteiger partial charge in [0.1, 0.15) is 11.7 Å². The number of thioether (sulfide) groups is 1. The fourth-order valence-electron chi connectivity index (χ4n) is 4.79. The van der Waals surface area contributed by atoms with E-state index in [1.165, 1.54) is 18.2 Å². The number of rotatable bonds is 6. The number of nitroso groups, excluding NO2 is 1. The number of imide groups is 1. The molecule has 0 radical (unpaired) electrons. The van der Waals surface area contributed by atoms with E-state index in [0.29, 0.717) is 18.8 Å². The largest absolute Gasteiger partial charge is 0.331 e. The predicted molar refractivity (Wildman–Crippen MR) is 127 cm³/mol. The van der Waals surface area contributed by atoms with Crippen molar-refractivity contribution in [2.24, 2.45) is 5.18 Å². The zero-order valence-electron chi connectivity index (χ0n) is 18.3. The van der Waals surface area contributed by atoms with Gasteiger partial charge in [-0.25, -0.2) is 0 Å². The zero-order chi connectivity index (χ0) is 23.8. The number of anilines is 1. The molecule has 2 aromatic carbocycles. The zero-order valence-corrected chi connectivity index (χ0v) is 19.1. The maximum atomic E-state index is 13.3. The van der Waals surface area contributed by atoms with Crippen LogP contribution in [0.5, 0.6) is 0 Å². The van der Waals surface area contributed by atoms with Gasteiger partial charge in [-0.1, -0.05) is 24.3 Å². The molecule has 0 bridgehead atoms. The maximum Gasteiger partial charge on any atom is 0.263 e. The molecule has 174 valence electrons. The van der Waals surface area contributed by atoms with E-state index in [0.717, 1.165) is 21.9 Å². The molecule has 3 aliphatic heterocycles. The second kappa shape index (κ2) is 9.02. The number of amides is 4. The summed E-state index contributed by atoms with van der Waals surface area (Å²) in [6.45, 7) is 0.711. The summed E-state index contributed by atoms with van der Waals surface area (Å²) in [5, 5.41) is 2.85. The summed E-state index contributed by atoms with van der Waals surface area (Å²) in [5.74, 6) is 0.176. The number of hydrogen-bond acceptors (Lipinski definition) is 7. The molecule has 0 aliphatic carbocycles. The van der Waals surface area contributed by atoms with Gasteiger partial charge < -0.3 is 4.90 Å². The Labute approximate surface area is 200 Å². The minimum atomic E-state index is -0.580. The Morgan fingerprint density at radius 3 is 2.65 bits per heavy atom. The SMILES string of the molecule is O=Nc1cccc2c1C(=O)N(CCCC(=O)N1c3ccccc3CC1C(=O)N1CCSC1)C2=O. The molecule has 9 nitrogen and oxygen atoms in total. The van der Waals surface area contributed by atoms with E-state index in [4.69, 9.17) is 0 Å². The van der Waals surface area contributed by atoms with Gasteiger partial charge in [0.15, 0.2) is 0 Å². The summed E-state index contributed by atoms with van der Waals surface area (Å²) < 4.78 is 0. The summed E-state index contributed by atoms with van der Waals surface area (Å²) in [7, 11) is 0. The Balaban J connectivity index is 1.29. The van der Waals surface area contributed by atoms with Crippen molar-refractivity contribution in [2.75, 3.05) is 29.6 Å². The monoisotopic (exact) mass is 478 g/mol. The molecule has 0 spiro atoms. The van der Waals surface area contributed by atoms with Crippen LogP contribution in [0.25, 0.3) is 0 Å². The third-order valence-corrected chi connectivity index (χ3v) is 7.41. The first-order valence-corrected chi connectivity index (χ1v) is 12.3. The van der Waals surface area contributed by atoms with Crippen molar-refractivity contribution in [3.63, 3.8) is 0 Å². The van der Waals surface area contributed by atoms with Gasteiger partial charge in [0.2, 0.25) is 11.8 Å². The van der Waals surface area contributed by atoms with Crippen molar-refractivity contribution in [3.05, 3.63) is 64.1 Å². The van der Waals surface area contributed by atoms with Crippen molar-refractivity contribution >= 4 is 46.8 Å². The van der Waals surface area contributed by atoms with Crippen LogP contribution < -0.4 is 4.90 Å². The highest BCUT2D eigenvalue weighted by Gasteiger charge is 2.41. The third-order valence-electron chi connectivity index (χ3n) is 6.44. The fourth-order valence-corrected chi connectivity index (χ4v) is 5.75. The summed E-state index contributed by atoms with van der Waals surface area (Å²) in [6, 6.07) is 11.3. The topological polar surface area (TPSA) is 107 Å². The van der Waals surface area contributed by atoms with Crippen LogP contribution in [0.2, 0.25) is 0 Å². The lowest BCUT2D eigenvalue weighted by molar-refractivity contribution is -0.133. The average molecular weight is 479 g/mol. The number of carbonyl (C=O) groups is 4. The van der Waals surface area contributed by atoms with Gasteiger partial charge >= 0.3 is 0 Å². The van der Waals surface area contributed by atoms with Crippen LogP contribution in [-0.4, -0.2) is 64.2 Å². The van der Waals surface area contributed by atoms with Crippen molar-refractivity contribution < 1.29 is 19.2 Å². The Hall–Kier alpha value is -3.53. The van der Waals surface area contributed by atoms with Gasteiger partial charge in [0.25, 0.3) is 11.8 Å². The van der Waals surface area contributed by atoms with Crippen LogP contribution in [0.3, 0.4) is 0 Å². The van der Waals surface area contributed by atoms with Crippen molar-refractivity contribution in [2.45, 2.75) is 25.3 Å². The summed E-state index contributed by atoms with van der Waals surface area (Å²) in [4.78, 5) is 67.3. The standard InChI is InChI=1S/C24H22N4O5S/c29-20(9-4-10-27-22(30)16-6-3-7-17(25-33)21(16)24(27)32)28-18-8-2-1-5-15(18)13-19(28)23(31)26-11-12-34-14-26/h1-3,5-8,19H,4,9-14H2. The molecule has 3 heterocycles. The minimum absolute atomic E-state index is 0.0106. The van der Waals surface area contributed by atoms with E-state index < -0.39 is 17.9 Å². The summed E-state index contributed by atoms with van der Waals surface area (Å²) in [5.41, 5.74) is 1.78. The normalized spacial score (nSPS) is 18.9. The first kappa shape index (κ1) is 22.3. The predicted octanol–water partition coefficient (Wildman–Crippen LogP) is 2.95. The second-order valence-electron chi connectivity index (χ2n) is 8.41. The smallest absolute Gasteiger partial charge is 0.263 e. The summed E-state index contributed by atoms with van der Waals surface area (Å²) >= 11 is 1.69. The lowest BCUT2D eigenvalue weighted by atomic mass is 10.1. The molecule has 0 N–H and O–H groups in total. The lowest BCUT2D eigenvalue weighted by Gasteiger charge is -2.28. The fraction of sp³-hybridized carbons (Fsp3) is 0.333. The third kappa shape index (κ3) is 3.67. The molecule has 4 amide bonds. The molecule has 3 aliphatic rings. The molecular formula is C24H22N4O5S. The van der Waals surface area contributed by atoms with Crippen LogP contribution >= 0.6 is 11.8 Å². The van der Waals surface area contributed by atoms with E-state index in [2.05, 4.69) is 5.18 Å². The van der Waals surface area contributed by atoms with Gasteiger partial charge in [-0.05, 0) is 35.4 Å². The molecule has 1 saturated heterocycles. The highest BCUT2D eigenvalue weighted by atomic mass is 32.2. The Morgan fingerprint density at radius 1 is 1.06 bits per heavy atom. The van der Waals surface area contributed by atoms with Crippen LogP contribution in [0.1, 0.15) is 39.1 Å². The second-order valence-corrected chi connectivity index (χ2v) is 9.48. The molecule has 2 aromatic rings. The van der Waals surface area contributed by atoms with E-state index in [1.807, 2.05) is 24.3 Å². The number of para-hydroxylation sites is 1. The van der Waals surface area contributed by atoms with Gasteiger partial charge in [-0.15, -0.1) is 16.7 Å². The van der Waals surface area contributed by atoms with Gasteiger partial charge in [0.05, 0.1) is 17.0 Å². The lowest BCUT2D eigenvalue weighted by Crippen LogP contribution is -2.49. The van der Waals surface area contributed by atoms with E-state index >= 15 is 0 Å². The number of hydrogen-bond donors (Lipinski definition) is 0. The highest BCUT2D eigenvalue weighted by molar-refractivity contribution is 7.99. The van der Waals surface area contributed by atoms with Crippen LogP contribution in [0, 0.1) is 4.91 Å².